The number of hydrogen-bond donors (Lipinski definition) is 2. The molecule has 3 heteroatoms. The van der Waals surface area contributed by atoms with Crippen LogP contribution in [0.25, 0.3) is 0 Å². The quantitative estimate of drug-likeness (QED) is 0.770. The molecule has 1 fully saturated rings. The van der Waals surface area contributed by atoms with Gasteiger partial charge in [0, 0.05) is 0 Å². The summed E-state index contributed by atoms with van der Waals surface area (Å²) in [6.07, 6.45) is 1.67. The molecule has 0 spiro atoms. The molecule has 1 aromatic carbocycles. The maximum Gasteiger partial charge on any atom is 0.0761 e. The Morgan fingerprint density at radius 1 is 1.33 bits per heavy atom. The summed E-state index contributed by atoms with van der Waals surface area (Å²) in [6.45, 7) is 3.06. The summed E-state index contributed by atoms with van der Waals surface area (Å²) < 4.78 is 0. The highest BCUT2D eigenvalue weighted by atomic mass is 35.5. The van der Waals surface area contributed by atoms with Gasteiger partial charge in [-0.25, -0.2) is 0 Å². The summed E-state index contributed by atoms with van der Waals surface area (Å²) >= 11 is 0. The van der Waals surface area contributed by atoms with Crippen LogP contribution in [0.5, 0.6) is 0 Å². The third kappa shape index (κ3) is 2.33. The minimum absolute atomic E-state index is 0. The van der Waals surface area contributed by atoms with Crippen LogP contribution in [0, 0.1) is 0 Å². The van der Waals surface area contributed by atoms with Crippen LogP contribution in [0.2, 0.25) is 0 Å². The molecule has 1 saturated heterocycles. The number of hydrogen-bond acceptors (Lipinski definition) is 2. The van der Waals surface area contributed by atoms with Crippen LogP contribution in [0.1, 0.15) is 25.3 Å². The van der Waals surface area contributed by atoms with E-state index in [4.69, 9.17) is 0 Å². The number of nitrogens with one attached hydrogen (secondary N) is 1. The van der Waals surface area contributed by atoms with Crippen LogP contribution in [-0.4, -0.2) is 17.8 Å². The van der Waals surface area contributed by atoms with Crippen molar-refractivity contribution in [2.45, 2.75) is 31.4 Å². The molecule has 1 aliphatic rings. The molecule has 2 N–H and O–H groups in total. The van der Waals surface area contributed by atoms with E-state index in [1.807, 2.05) is 18.2 Å². The van der Waals surface area contributed by atoms with Gasteiger partial charge in [-0.2, -0.15) is 0 Å². The molecule has 2 rings (SSSR count). The Labute approximate surface area is 97.1 Å². The van der Waals surface area contributed by atoms with E-state index in [9.17, 15) is 5.11 Å². The van der Waals surface area contributed by atoms with Crippen LogP contribution < -0.4 is 5.32 Å². The minimum atomic E-state index is -0.279. The van der Waals surface area contributed by atoms with E-state index in [0.29, 0.717) is 0 Å². The van der Waals surface area contributed by atoms with Crippen molar-refractivity contribution in [1.82, 2.24) is 5.32 Å². The number of halogens is 1. The first-order chi connectivity index (χ1) is 6.73. The molecule has 0 radical (unpaired) electrons. The molecule has 0 bridgehead atoms. The average molecular weight is 228 g/mol. The number of piperidine rings is 1. The lowest BCUT2D eigenvalue weighted by Gasteiger charge is -2.40. The Morgan fingerprint density at radius 3 is 2.60 bits per heavy atom. The fourth-order valence-electron chi connectivity index (χ4n) is 2.13. The number of benzene rings is 1. The van der Waals surface area contributed by atoms with Gasteiger partial charge < -0.3 is 10.4 Å². The van der Waals surface area contributed by atoms with Crippen LogP contribution in [0.3, 0.4) is 0 Å². The number of aliphatic hydroxyl groups is 1. The molecular weight excluding hydrogens is 210 g/mol. The Bertz CT molecular complexity index is 304. The maximum absolute atomic E-state index is 10.0. The molecule has 2 atom stereocenters. The summed E-state index contributed by atoms with van der Waals surface area (Å²) in [6, 6.07) is 10.2. The van der Waals surface area contributed by atoms with Gasteiger partial charge in [-0.05, 0) is 31.9 Å². The highest BCUT2D eigenvalue weighted by molar-refractivity contribution is 5.85. The molecule has 1 heterocycles. The van der Waals surface area contributed by atoms with Crippen molar-refractivity contribution in [1.29, 1.82) is 0 Å². The van der Waals surface area contributed by atoms with Gasteiger partial charge in [0.2, 0.25) is 0 Å². The molecule has 15 heavy (non-hydrogen) atoms. The number of rotatable bonds is 1. The smallest absolute Gasteiger partial charge is 0.0761 e. The predicted molar refractivity (Wildman–Crippen MR) is 64.3 cm³/mol. The second-order valence-corrected chi connectivity index (χ2v) is 4.15. The summed E-state index contributed by atoms with van der Waals surface area (Å²) in [5.41, 5.74) is 0.909. The van der Waals surface area contributed by atoms with E-state index in [1.54, 1.807) is 0 Å². The molecule has 0 amide bonds. The van der Waals surface area contributed by atoms with Gasteiger partial charge in [0.1, 0.15) is 0 Å². The van der Waals surface area contributed by atoms with Crippen LogP contribution in [0.4, 0.5) is 0 Å². The van der Waals surface area contributed by atoms with Crippen molar-refractivity contribution in [3.05, 3.63) is 35.9 Å². The lowest BCUT2D eigenvalue weighted by atomic mass is 9.81. The Hall–Kier alpha value is -0.570. The maximum atomic E-state index is 10.0. The second-order valence-electron chi connectivity index (χ2n) is 4.15. The molecule has 0 aliphatic carbocycles. The van der Waals surface area contributed by atoms with Crippen molar-refractivity contribution in [2.75, 3.05) is 6.54 Å². The van der Waals surface area contributed by atoms with Gasteiger partial charge in [-0.15, -0.1) is 12.4 Å². The standard InChI is InChI=1S/C12H17NO.ClH/c1-12(10-6-3-2-4-7-10)11(14)8-5-9-13-12;/h2-4,6-7,11,13-14H,5,8-9H2,1H3;1H. The molecule has 0 aromatic heterocycles. The molecular formula is C12H18ClNO. The van der Waals surface area contributed by atoms with Crippen LogP contribution in [0.15, 0.2) is 30.3 Å². The zero-order valence-corrected chi connectivity index (χ0v) is 9.76. The molecule has 0 saturated carbocycles. The molecule has 1 aromatic rings. The second kappa shape index (κ2) is 4.97. The van der Waals surface area contributed by atoms with Gasteiger partial charge in [0.25, 0.3) is 0 Å². The van der Waals surface area contributed by atoms with Crippen molar-refractivity contribution in [3.63, 3.8) is 0 Å². The van der Waals surface area contributed by atoms with Crippen LogP contribution in [-0.2, 0) is 5.54 Å². The first-order valence-electron chi connectivity index (χ1n) is 5.22. The zero-order valence-electron chi connectivity index (χ0n) is 8.94. The van der Waals surface area contributed by atoms with Crippen molar-refractivity contribution in [2.24, 2.45) is 0 Å². The van der Waals surface area contributed by atoms with Gasteiger partial charge >= 0.3 is 0 Å². The third-order valence-corrected chi connectivity index (χ3v) is 3.19. The van der Waals surface area contributed by atoms with Gasteiger partial charge in [-0.3, -0.25) is 0 Å². The molecule has 1 aliphatic heterocycles. The predicted octanol–water partition coefficient (Wildman–Crippen LogP) is 2.07. The summed E-state index contributed by atoms with van der Waals surface area (Å²) in [7, 11) is 0. The first kappa shape index (κ1) is 12.5. The van der Waals surface area contributed by atoms with E-state index >= 15 is 0 Å². The lowest BCUT2D eigenvalue weighted by Crippen LogP contribution is -2.53. The Balaban J connectivity index is 0.00000112. The zero-order chi connectivity index (χ0) is 10.0. The topological polar surface area (TPSA) is 32.3 Å². The average Bonchev–Trinajstić information content (AvgIpc) is 2.24. The highest BCUT2D eigenvalue weighted by Crippen LogP contribution is 2.29. The van der Waals surface area contributed by atoms with Gasteiger partial charge in [0.05, 0.1) is 11.6 Å². The van der Waals surface area contributed by atoms with Gasteiger partial charge in [0.15, 0.2) is 0 Å². The summed E-state index contributed by atoms with van der Waals surface area (Å²) in [4.78, 5) is 0. The first-order valence-corrected chi connectivity index (χ1v) is 5.22. The normalized spacial score (nSPS) is 30.7. The highest BCUT2D eigenvalue weighted by Gasteiger charge is 2.36. The fraction of sp³-hybridized carbons (Fsp3) is 0.500. The Kier molecular flexibility index (Phi) is 4.14. The van der Waals surface area contributed by atoms with Crippen molar-refractivity contribution in [3.8, 4) is 0 Å². The van der Waals surface area contributed by atoms with Crippen LogP contribution >= 0.6 is 12.4 Å². The molecule has 2 nitrogen and oxygen atoms in total. The van der Waals surface area contributed by atoms with E-state index in [-0.39, 0.29) is 24.0 Å². The molecule has 84 valence electrons. The third-order valence-electron chi connectivity index (χ3n) is 3.19. The van der Waals surface area contributed by atoms with Crippen molar-refractivity contribution >= 4 is 12.4 Å². The van der Waals surface area contributed by atoms with E-state index in [1.165, 1.54) is 5.56 Å². The van der Waals surface area contributed by atoms with E-state index in [2.05, 4.69) is 24.4 Å². The largest absolute Gasteiger partial charge is 0.391 e. The lowest BCUT2D eigenvalue weighted by molar-refractivity contribution is 0.0385. The summed E-state index contributed by atoms with van der Waals surface area (Å²) in [5.74, 6) is 0. The molecule has 2 unspecified atom stereocenters. The fourth-order valence-corrected chi connectivity index (χ4v) is 2.13. The SMILES string of the molecule is CC1(c2ccccc2)NCCCC1O.Cl. The van der Waals surface area contributed by atoms with Gasteiger partial charge in [-0.1, -0.05) is 30.3 Å². The van der Waals surface area contributed by atoms with Crippen molar-refractivity contribution < 1.29 is 5.11 Å². The van der Waals surface area contributed by atoms with E-state index in [0.717, 1.165) is 19.4 Å². The Morgan fingerprint density at radius 2 is 2.00 bits per heavy atom. The monoisotopic (exact) mass is 227 g/mol. The minimum Gasteiger partial charge on any atom is -0.391 e. The van der Waals surface area contributed by atoms with E-state index < -0.39 is 0 Å². The summed E-state index contributed by atoms with van der Waals surface area (Å²) in [5, 5.41) is 13.4. The number of aliphatic hydroxyl groups excluding tert-OH is 1.